The molecule has 0 unspecified atom stereocenters. The molecule has 0 fully saturated rings. The number of halogens is 1. The predicted molar refractivity (Wildman–Crippen MR) is 57.2 cm³/mol. The molecule has 0 amide bonds. The van der Waals surface area contributed by atoms with Crippen LogP contribution >= 0.6 is 11.6 Å². The summed E-state index contributed by atoms with van der Waals surface area (Å²) in [7, 11) is 0. The van der Waals surface area contributed by atoms with E-state index in [-0.39, 0.29) is 0 Å². The van der Waals surface area contributed by atoms with Crippen molar-refractivity contribution >= 4 is 11.6 Å². The number of nitriles is 1. The highest BCUT2D eigenvalue weighted by molar-refractivity contribution is 6.32. The van der Waals surface area contributed by atoms with Crippen LogP contribution in [0.4, 0.5) is 0 Å². The third-order valence-electron chi connectivity index (χ3n) is 1.93. The SMILES string of the molecule is N#Cc1cccc(-c2ncncc2Cl)c1. The summed E-state index contributed by atoms with van der Waals surface area (Å²) in [5.41, 5.74) is 2.05. The Kier molecular flexibility index (Phi) is 2.61. The summed E-state index contributed by atoms with van der Waals surface area (Å²) in [4.78, 5) is 7.88. The lowest BCUT2D eigenvalue weighted by Gasteiger charge is -2.01. The molecule has 1 aromatic heterocycles. The molecule has 0 aliphatic heterocycles. The summed E-state index contributed by atoms with van der Waals surface area (Å²) in [6, 6.07) is 9.20. The number of rotatable bonds is 1. The van der Waals surface area contributed by atoms with Gasteiger partial charge in [-0.15, -0.1) is 0 Å². The van der Waals surface area contributed by atoms with Crippen LogP contribution < -0.4 is 0 Å². The van der Waals surface area contributed by atoms with E-state index in [2.05, 4.69) is 16.0 Å². The molecule has 2 aromatic rings. The van der Waals surface area contributed by atoms with Gasteiger partial charge in [-0.1, -0.05) is 23.7 Å². The van der Waals surface area contributed by atoms with Gasteiger partial charge < -0.3 is 0 Å². The van der Waals surface area contributed by atoms with E-state index in [1.165, 1.54) is 12.5 Å². The van der Waals surface area contributed by atoms with Gasteiger partial charge in [0.15, 0.2) is 0 Å². The van der Waals surface area contributed by atoms with Crippen molar-refractivity contribution in [1.82, 2.24) is 9.97 Å². The van der Waals surface area contributed by atoms with Crippen molar-refractivity contribution < 1.29 is 0 Å². The lowest BCUT2D eigenvalue weighted by Crippen LogP contribution is -1.87. The van der Waals surface area contributed by atoms with E-state index in [1.807, 2.05) is 6.07 Å². The molecule has 0 saturated carbocycles. The summed E-state index contributed by atoms with van der Waals surface area (Å²) in [5, 5.41) is 9.24. The van der Waals surface area contributed by atoms with Crippen molar-refractivity contribution in [2.45, 2.75) is 0 Å². The van der Waals surface area contributed by atoms with Gasteiger partial charge in [0.25, 0.3) is 0 Å². The Bertz CT molecular complexity index is 531. The second kappa shape index (κ2) is 4.07. The zero-order chi connectivity index (χ0) is 10.7. The average molecular weight is 216 g/mol. The molecule has 3 nitrogen and oxygen atoms in total. The quantitative estimate of drug-likeness (QED) is 0.735. The fraction of sp³-hybridized carbons (Fsp3) is 0. The van der Waals surface area contributed by atoms with Gasteiger partial charge in [-0.2, -0.15) is 5.26 Å². The van der Waals surface area contributed by atoms with E-state index in [1.54, 1.807) is 18.2 Å². The topological polar surface area (TPSA) is 49.6 Å². The smallest absolute Gasteiger partial charge is 0.116 e. The Balaban J connectivity index is 2.55. The Labute approximate surface area is 92.0 Å². The molecule has 2 rings (SSSR count). The number of nitrogens with zero attached hydrogens (tertiary/aromatic N) is 3. The molecule has 0 N–H and O–H groups in total. The fourth-order valence-corrected chi connectivity index (χ4v) is 1.48. The molecule has 1 aromatic carbocycles. The number of aromatic nitrogens is 2. The Morgan fingerprint density at radius 3 is 2.93 bits per heavy atom. The molecular weight excluding hydrogens is 210 g/mol. The molecule has 15 heavy (non-hydrogen) atoms. The normalized spacial score (nSPS) is 9.60. The molecular formula is C11H6ClN3. The van der Waals surface area contributed by atoms with Crippen molar-refractivity contribution in [2.75, 3.05) is 0 Å². The second-order valence-corrected chi connectivity index (χ2v) is 3.32. The molecule has 0 bridgehead atoms. The van der Waals surface area contributed by atoms with Gasteiger partial charge >= 0.3 is 0 Å². The maximum atomic E-state index is 8.76. The fourth-order valence-electron chi connectivity index (χ4n) is 1.26. The minimum absolute atomic E-state index is 0.479. The minimum atomic E-state index is 0.479. The lowest BCUT2D eigenvalue weighted by atomic mass is 10.1. The zero-order valence-corrected chi connectivity index (χ0v) is 8.44. The van der Waals surface area contributed by atoms with Gasteiger partial charge in [0, 0.05) is 11.8 Å². The third kappa shape index (κ3) is 1.95. The number of hydrogen-bond donors (Lipinski definition) is 0. The van der Waals surface area contributed by atoms with Crippen LogP contribution in [0.5, 0.6) is 0 Å². The molecule has 0 spiro atoms. The van der Waals surface area contributed by atoms with Crippen LogP contribution in [0.1, 0.15) is 5.56 Å². The highest BCUT2D eigenvalue weighted by Gasteiger charge is 2.04. The molecule has 0 aliphatic rings. The van der Waals surface area contributed by atoms with Gasteiger partial charge in [0.1, 0.15) is 6.33 Å². The molecule has 0 aliphatic carbocycles. The lowest BCUT2D eigenvalue weighted by molar-refractivity contribution is 1.17. The first-order chi connectivity index (χ1) is 7.31. The first kappa shape index (κ1) is 9.63. The van der Waals surface area contributed by atoms with Crippen molar-refractivity contribution in [2.24, 2.45) is 0 Å². The summed E-state index contributed by atoms with van der Waals surface area (Å²) in [6.45, 7) is 0. The first-order valence-electron chi connectivity index (χ1n) is 4.27. The Morgan fingerprint density at radius 2 is 2.20 bits per heavy atom. The van der Waals surface area contributed by atoms with Gasteiger partial charge in [-0.05, 0) is 12.1 Å². The van der Waals surface area contributed by atoms with Crippen molar-refractivity contribution in [1.29, 1.82) is 5.26 Å². The van der Waals surface area contributed by atoms with E-state index in [9.17, 15) is 0 Å². The van der Waals surface area contributed by atoms with Crippen molar-refractivity contribution in [3.63, 3.8) is 0 Å². The predicted octanol–water partition coefficient (Wildman–Crippen LogP) is 2.67. The van der Waals surface area contributed by atoms with Crippen LogP contribution in [0.15, 0.2) is 36.8 Å². The van der Waals surface area contributed by atoms with E-state index in [0.29, 0.717) is 16.3 Å². The van der Waals surface area contributed by atoms with Crippen LogP contribution in [0, 0.1) is 11.3 Å². The summed E-state index contributed by atoms with van der Waals surface area (Å²) >= 11 is 5.95. The highest BCUT2D eigenvalue weighted by Crippen LogP contribution is 2.24. The van der Waals surface area contributed by atoms with Crippen LogP contribution in [-0.4, -0.2) is 9.97 Å². The number of hydrogen-bond acceptors (Lipinski definition) is 3. The second-order valence-electron chi connectivity index (χ2n) is 2.91. The molecule has 0 radical (unpaired) electrons. The maximum absolute atomic E-state index is 8.76. The molecule has 0 atom stereocenters. The third-order valence-corrected chi connectivity index (χ3v) is 2.21. The van der Waals surface area contributed by atoms with E-state index in [0.717, 1.165) is 5.56 Å². The monoisotopic (exact) mass is 215 g/mol. The number of benzene rings is 1. The van der Waals surface area contributed by atoms with Crippen LogP contribution in [-0.2, 0) is 0 Å². The van der Waals surface area contributed by atoms with Gasteiger partial charge in [-0.3, -0.25) is 0 Å². The Hall–Kier alpha value is -1.92. The summed E-state index contributed by atoms with van der Waals surface area (Å²) < 4.78 is 0. The van der Waals surface area contributed by atoms with Gasteiger partial charge in [0.05, 0.1) is 22.3 Å². The first-order valence-corrected chi connectivity index (χ1v) is 4.65. The van der Waals surface area contributed by atoms with Crippen LogP contribution in [0.3, 0.4) is 0 Å². The van der Waals surface area contributed by atoms with E-state index < -0.39 is 0 Å². The van der Waals surface area contributed by atoms with E-state index in [4.69, 9.17) is 16.9 Å². The van der Waals surface area contributed by atoms with Crippen LogP contribution in [0.2, 0.25) is 5.02 Å². The van der Waals surface area contributed by atoms with Gasteiger partial charge in [-0.25, -0.2) is 9.97 Å². The van der Waals surface area contributed by atoms with Crippen LogP contribution in [0.25, 0.3) is 11.3 Å². The molecule has 4 heteroatoms. The van der Waals surface area contributed by atoms with Gasteiger partial charge in [0.2, 0.25) is 0 Å². The molecule has 0 saturated heterocycles. The van der Waals surface area contributed by atoms with E-state index >= 15 is 0 Å². The van der Waals surface area contributed by atoms with Crippen molar-refractivity contribution in [3.05, 3.63) is 47.4 Å². The Morgan fingerprint density at radius 1 is 1.33 bits per heavy atom. The summed E-state index contributed by atoms with van der Waals surface area (Å²) in [6.07, 6.45) is 2.96. The summed E-state index contributed by atoms with van der Waals surface area (Å²) in [5.74, 6) is 0. The largest absolute Gasteiger partial charge is 0.243 e. The average Bonchev–Trinajstić information content (AvgIpc) is 2.30. The minimum Gasteiger partial charge on any atom is -0.243 e. The highest BCUT2D eigenvalue weighted by atomic mass is 35.5. The van der Waals surface area contributed by atoms with Crippen molar-refractivity contribution in [3.8, 4) is 17.3 Å². The zero-order valence-electron chi connectivity index (χ0n) is 7.68. The molecule has 1 heterocycles. The maximum Gasteiger partial charge on any atom is 0.116 e. The molecule has 72 valence electrons. The standard InChI is InChI=1S/C11H6ClN3/c12-10-6-14-7-15-11(10)9-3-1-2-8(4-9)5-13/h1-4,6-7H.